The van der Waals surface area contributed by atoms with E-state index in [1.165, 1.54) is 17.3 Å². The molecule has 0 unspecified atom stereocenters. The lowest BCUT2D eigenvalue weighted by Gasteiger charge is -2.01. The van der Waals surface area contributed by atoms with Crippen molar-refractivity contribution in [2.45, 2.75) is 6.92 Å². The summed E-state index contributed by atoms with van der Waals surface area (Å²) in [5, 5.41) is 15.8. The van der Waals surface area contributed by atoms with Crippen LogP contribution in [-0.2, 0) is 0 Å². The van der Waals surface area contributed by atoms with E-state index in [0.717, 1.165) is 11.1 Å². The van der Waals surface area contributed by atoms with E-state index in [2.05, 4.69) is 20.4 Å². The van der Waals surface area contributed by atoms with Crippen molar-refractivity contribution in [2.75, 3.05) is 6.26 Å². The van der Waals surface area contributed by atoms with Crippen molar-refractivity contribution in [1.29, 1.82) is 5.26 Å². The molecular formula is C18H15N5OS. The Morgan fingerprint density at radius 2 is 2.00 bits per heavy atom. The van der Waals surface area contributed by atoms with Crippen molar-refractivity contribution >= 4 is 22.6 Å². The summed E-state index contributed by atoms with van der Waals surface area (Å²) in [6.45, 7) is 2.03. The zero-order valence-electron chi connectivity index (χ0n) is 13.7. The smallest absolute Gasteiger partial charge is 0.258 e. The molecular weight excluding hydrogens is 334 g/mol. The van der Waals surface area contributed by atoms with Crippen molar-refractivity contribution in [3.05, 3.63) is 54.1 Å². The van der Waals surface area contributed by atoms with Crippen LogP contribution in [0, 0.1) is 18.4 Å². The Kier molecular flexibility index (Phi) is 5.11. The van der Waals surface area contributed by atoms with Crippen LogP contribution in [0.3, 0.4) is 0 Å². The number of nitrogens with one attached hydrogen (secondary N) is 1. The average molecular weight is 349 g/mol. The number of aromatic nitrogens is 2. The Hall–Kier alpha value is -3.11. The Labute approximate surface area is 149 Å². The van der Waals surface area contributed by atoms with Crippen LogP contribution in [0.4, 0.5) is 5.69 Å². The quantitative estimate of drug-likeness (QED) is 0.331. The van der Waals surface area contributed by atoms with Crippen molar-refractivity contribution in [3.63, 3.8) is 0 Å². The summed E-state index contributed by atoms with van der Waals surface area (Å²) in [6.07, 6.45) is 3.71. The summed E-state index contributed by atoms with van der Waals surface area (Å²) >= 11 is 1.36. The monoisotopic (exact) mass is 349 g/mol. The van der Waals surface area contributed by atoms with Gasteiger partial charge in [-0.25, -0.2) is 4.99 Å². The first-order valence-corrected chi connectivity index (χ1v) is 8.71. The molecule has 1 N–H and O–H groups in total. The molecule has 0 amide bonds. The molecule has 0 bridgehead atoms. The van der Waals surface area contributed by atoms with Gasteiger partial charge in [-0.15, -0.1) is 0 Å². The molecule has 7 heteroatoms. The molecule has 0 spiro atoms. The number of hydrogen-bond donors (Lipinski definition) is 1. The van der Waals surface area contributed by atoms with Crippen molar-refractivity contribution in [1.82, 2.24) is 15.5 Å². The van der Waals surface area contributed by atoms with Gasteiger partial charge in [-0.2, -0.15) is 10.2 Å². The van der Waals surface area contributed by atoms with Crippen molar-refractivity contribution < 1.29 is 4.52 Å². The zero-order valence-corrected chi connectivity index (χ0v) is 14.5. The summed E-state index contributed by atoms with van der Waals surface area (Å²) in [5.41, 5.74) is 3.54. The van der Waals surface area contributed by atoms with Gasteiger partial charge in [-0.3, -0.25) is 5.32 Å². The first kappa shape index (κ1) is 16.7. The molecule has 6 nitrogen and oxygen atoms in total. The number of nitriles is 1. The van der Waals surface area contributed by atoms with E-state index in [1.807, 2.05) is 67.9 Å². The summed E-state index contributed by atoms with van der Waals surface area (Å²) in [6, 6.07) is 15.3. The number of amidine groups is 1. The number of aliphatic imine (C=N–C) groups is 1. The second-order valence-electron chi connectivity index (χ2n) is 5.20. The molecule has 0 atom stereocenters. The van der Waals surface area contributed by atoms with Gasteiger partial charge in [0.2, 0.25) is 5.82 Å². The molecule has 0 fully saturated rings. The van der Waals surface area contributed by atoms with Gasteiger partial charge in [-0.1, -0.05) is 52.8 Å². The molecule has 3 rings (SSSR count). The van der Waals surface area contributed by atoms with E-state index in [9.17, 15) is 0 Å². The number of nitrogens with zero attached hydrogens (tertiary/aromatic N) is 4. The van der Waals surface area contributed by atoms with E-state index in [1.54, 1.807) is 0 Å². The molecule has 0 saturated carbocycles. The third kappa shape index (κ3) is 4.05. The number of benzene rings is 2. The molecule has 3 aromatic rings. The maximum atomic E-state index is 8.72. The van der Waals surface area contributed by atoms with Gasteiger partial charge in [-0.05, 0) is 31.4 Å². The topological polar surface area (TPSA) is 87.1 Å². The Morgan fingerprint density at radius 1 is 1.20 bits per heavy atom. The second-order valence-corrected chi connectivity index (χ2v) is 5.99. The molecule has 124 valence electrons. The Balaban J connectivity index is 1.89. The fourth-order valence-corrected chi connectivity index (χ4v) is 2.50. The second kappa shape index (κ2) is 7.64. The van der Waals surface area contributed by atoms with Crippen LogP contribution >= 0.6 is 11.8 Å². The van der Waals surface area contributed by atoms with Gasteiger partial charge in [0.05, 0.1) is 5.69 Å². The number of rotatable bonds is 3. The molecule has 2 aromatic carbocycles. The molecule has 0 aliphatic rings. The fraction of sp³-hybridized carbons (Fsp3) is 0.111. The predicted molar refractivity (Wildman–Crippen MR) is 99.3 cm³/mol. The molecule has 0 aliphatic heterocycles. The first-order valence-electron chi connectivity index (χ1n) is 7.48. The highest BCUT2D eigenvalue weighted by atomic mass is 32.2. The lowest BCUT2D eigenvalue weighted by atomic mass is 10.1. The third-order valence-electron chi connectivity index (χ3n) is 3.42. The number of thioether (sulfide) groups is 1. The van der Waals surface area contributed by atoms with Crippen LogP contribution in [0.15, 0.2) is 58.0 Å². The normalized spacial score (nSPS) is 11.2. The standard InChI is InChI=1S/C18H15N5OS/c1-12-6-8-13(9-7-12)16-22-17(24-23-16)14-4-3-5-15(10-14)21-18(25-2)20-11-19/h3-10H,1-2H3,(H,20,21). The third-order valence-corrected chi connectivity index (χ3v) is 4.00. The number of aryl methyl sites for hydroxylation is 1. The van der Waals surface area contributed by atoms with E-state index in [4.69, 9.17) is 9.78 Å². The average Bonchev–Trinajstić information content (AvgIpc) is 3.12. The minimum Gasteiger partial charge on any atom is -0.334 e. The lowest BCUT2D eigenvalue weighted by Crippen LogP contribution is -2.12. The zero-order chi connectivity index (χ0) is 17.6. The highest BCUT2D eigenvalue weighted by Gasteiger charge is 2.11. The predicted octanol–water partition coefficient (Wildman–Crippen LogP) is 4.13. The first-order chi connectivity index (χ1) is 12.2. The maximum absolute atomic E-state index is 8.72. The fourth-order valence-electron chi connectivity index (χ4n) is 2.16. The van der Waals surface area contributed by atoms with E-state index >= 15 is 0 Å². The van der Waals surface area contributed by atoms with Crippen molar-refractivity contribution in [3.8, 4) is 29.0 Å². The van der Waals surface area contributed by atoms with E-state index in [-0.39, 0.29) is 0 Å². The summed E-state index contributed by atoms with van der Waals surface area (Å²) in [7, 11) is 0. The SMILES string of the molecule is CSC(=Nc1cccc(-c2nc(-c3ccc(C)cc3)no2)c1)NC#N. The van der Waals surface area contributed by atoms with Gasteiger partial charge >= 0.3 is 0 Å². The van der Waals surface area contributed by atoms with Crippen LogP contribution in [0.1, 0.15) is 5.56 Å². The Morgan fingerprint density at radius 3 is 2.72 bits per heavy atom. The van der Waals surface area contributed by atoms with Crippen LogP contribution < -0.4 is 5.32 Å². The molecule has 25 heavy (non-hydrogen) atoms. The van der Waals surface area contributed by atoms with Gasteiger partial charge in [0, 0.05) is 11.1 Å². The Bertz CT molecular complexity index is 941. The van der Waals surface area contributed by atoms with Crippen LogP contribution in [-0.4, -0.2) is 21.6 Å². The van der Waals surface area contributed by atoms with Gasteiger partial charge in [0.1, 0.15) is 0 Å². The summed E-state index contributed by atoms with van der Waals surface area (Å²) < 4.78 is 5.39. The van der Waals surface area contributed by atoms with Gasteiger partial charge in [0.15, 0.2) is 11.4 Å². The minimum absolute atomic E-state index is 0.423. The van der Waals surface area contributed by atoms with Crippen molar-refractivity contribution in [2.24, 2.45) is 4.99 Å². The van der Waals surface area contributed by atoms with Crippen LogP contribution in [0.2, 0.25) is 0 Å². The van der Waals surface area contributed by atoms with E-state index in [0.29, 0.717) is 22.6 Å². The molecule has 0 radical (unpaired) electrons. The van der Waals surface area contributed by atoms with E-state index < -0.39 is 0 Å². The largest absolute Gasteiger partial charge is 0.334 e. The van der Waals surface area contributed by atoms with Crippen LogP contribution in [0.25, 0.3) is 22.8 Å². The molecule has 0 aliphatic carbocycles. The molecule has 1 aromatic heterocycles. The van der Waals surface area contributed by atoms with Gasteiger partial charge in [0.25, 0.3) is 5.89 Å². The lowest BCUT2D eigenvalue weighted by molar-refractivity contribution is 0.432. The molecule has 1 heterocycles. The highest BCUT2D eigenvalue weighted by Crippen LogP contribution is 2.26. The maximum Gasteiger partial charge on any atom is 0.258 e. The highest BCUT2D eigenvalue weighted by molar-refractivity contribution is 8.13. The minimum atomic E-state index is 0.423. The van der Waals surface area contributed by atoms with Gasteiger partial charge < -0.3 is 4.52 Å². The van der Waals surface area contributed by atoms with Crippen LogP contribution in [0.5, 0.6) is 0 Å². The number of hydrogen-bond acceptors (Lipinski definition) is 6. The summed E-state index contributed by atoms with van der Waals surface area (Å²) in [4.78, 5) is 8.84. The molecule has 0 saturated heterocycles. The summed E-state index contributed by atoms with van der Waals surface area (Å²) in [5.74, 6) is 0.964.